The lowest BCUT2D eigenvalue weighted by atomic mass is 9.98. The summed E-state index contributed by atoms with van der Waals surface area (Å²) in [5.74, 6) is -0.431. The number of hydrogen-bond acceptors (Lipinski definition) is 3. The smallest absolute Gasteiger partial charge is 0.145 e. The molecule has 2 N–H and O–H groups in total. The van der Waals surface area contributed by atoms with Crippen molar-refractivity contribution in [2.24, 2.45) is 5.73 Å². The molecule has 0 bridgehead atoms. The summed E-state index contributed by atoms with van der Waals surface area (Å²) < 4.78 is 14.4. The maximum absolute atomic E-state index is 14.4. The number of nitrogens with zero attached hydrogens (tertiary/aromatic N) is 2. The highest BCUT2D eigenvalue weighted by Crippen LogP contribution is 2.28. The van der Waals surface area contributed by atoms with Crippen molar-refractivity contribution in [3.05, 3.63) is 47.8 Å². The van der Waals surface area contributed by atoms with Gasteiger partial charge in [0.1, 0.15) is 11.9 Å². The summed E-state index contributed by atoms with van der Waals surface area (Å²) in [6.45, 7) is 7.89. The van der Waals surface area contributed by atoms with Gasteiger partial charge in [0.2, 0.25) is 0 Å². The first-order chi connectivity index (χ1) is 9.69. The summed E-state index contributed by atoms with van der Waals surface area (Å²) in [4.78, 5) is 2.15. The SMILES string of the molecule is C=CCC(c1cccc(C#N)c1F)N(CCC)CCN. The maximum atomic E-state index is 14.4. The third-order valence-corrected chi connectivity index (χ3v) is 3.27. The van der Waals surface area contributed by atoms with Crippen LogP contribution in [0, 0.1) is 17.1 Å². The molecule has 1 unspecified atom stereocenters. The number of halogens is 1. The second-order valence-corrected chi connectivity index (χ2v) is 4.69. The van der Waals surface area contributed by atoms with E-state index in [2.05, 4.69) is 18.4 Å². The highest BCUT2D eigenvalue weighted by Gasteiger charge is 2.22. The van der Waals surface area contributed by atoms with Crippen LogP contribution in [0.1, 0.15) is 36.9 Å². The summed E-state index contributed by atoms with van der Waals surface area (Å²) >= 11 is 0. The Kier molecular flexibility index (Phi) is 6.92. The molecule has 0 saturated heterocycles. The van der Waals surface area contributed by atoms with Crippen LogP contribution in [-0.4, -0.2) is 24.5 Å². The van der Waals surface area contributed by atoms with E-state index in [4.69, 9.17) is 11.0 Å². The fraction of sp³-hybridized carbons (Fsp3) is 0.438. The average Bonchev–Trinajstić information content (AvgIpc) is 2.45. The van der Waals surface area contributed by atoms with E-state index in [0.29, 0.717) is 25.1 Å². The van der Waals surface area contributed by atoms with Gasteiger partial charge in [-0.15, -0.1) is 6.58 Å². The van der Waals surface area contributed by atoms with Gasteiger partial charge in [0.25, 0.3) is 0 Å². The van der Waals surface area contributed by atoms with Crippen molar-refractivity contribution >= 4 is 0 Å². The topological polar surface area (TPSA) is 53.0 Å². The number of rotatable bonds is 8. The first kappa shape index (κ1) is 16.4. The maximum Gasteiger partial charge on any atom is 0.145 e. The van der Waals surface area contributed by atoms with Gasteiger partial charge in [0.15, 0.2) is 0 Å². The average molecular weight is 275 g/mol. The molecule has 0 amide bonds. The van der Waals surface area contributed by atoms with E-state index in [1.54, 1.807) is 18.2 Å². The third kappa shape index (κ3) is 3.89. The molecular weight excluding hydrogens is 253 g/mol. The Morgan fingerprint density at radius 2 is 2.25 bits per heavy atom. The van der Waals surface area contributed by atoms with Gasteiger partial charge in [-0.1, -0.05) is 25.1 Å². The number of benzene rings is 1. The fourth-order valence-corrected chi connectivity index (χ4v) is 2.40. The second-order valence-electron chi connectivity index (χ2n) is 4.69. The minimum absolute atomic E-state index is 0.0840. The summed E-state index contributed by atoms with van der Waals surface area (Å²) in [6.07, 6.45) is 3.38. The van der Waals surface area contributed by atoms with Crippen LogP contribution in [0.4, 0.5) is 4.39 Å². The summed E-state index contributed by atoms with van der Waals surface area (Å²) in [5, 5.41) is 8.96. The van der Waals surface area contributed by atoms with Crippen LogP contribution >= 0.6 is 0 Å². The summed E-state index contributed by atoms with van der Waals surface area (Å²) in [7, 11) is 0. The van der Waals surface area contributed by atoms with Crippen LogP contribution in [0.15, 0.2) is 30.9 Å². The normalized spacial score (nSPS) is 12.2. The van der Waals surface area contributed by atoms with Crippen LogP contribution < -0.4 is 5.73 Å². The molecule has 20 heavy (non-hydrogen) atoms. The minimum Gasteiger partial charge on any atom is -0.329 e. The van der Waals surface area contributed by atoms with Crippen LogP contribution in [0.3, 0.4) is 0 Å². The van der Waals surface area contributed by atoms with Crippen molar-refractivity contribution in [2.75, 3.05) is 19.6 Å². The molecule has 1 aromatic carbocycles. The van der Waals surface area contributed by atoms with Crippen molar-refractivity contribution < 1.29 is 4.39 Å². The number of nitrogens with two attached hydrogens (primary N) is 1. The molecule has 0 aliphatic rings. The van der Waals surface area contributed by atoms with E-state index in [9.17, 15) is 4.39 Å². The largest absolute Gasteiger partial charge is 0.329 e. The van der Waals surface area contributed by atoms with Gasteiger partial charge in [0.05, 0.1) is 5.56 Å². The van der Waals surface area contributed by atoms with Gasteiger partial charge >= 0.3 is 0 Å². The van der Waals surface area contributed by atoms with Crippen molar-refractivity contribution in [1.82, 2.24) is 4.90 Å². The van der Waals surface area contributed by atoms with E-state index < -0.39 is 5.82 Å². The lowest BCUT2D eigenvalue weighted by Gasteiger charge is -2.31. The quantitative estimate of drug-likeness (QED) is 0.742. The molecule has 3 nitrogen and oxygen atoms in total. The van der Waals surface area contributed by atoms with E-state index in [0.717, 1.165) is 13.0 Å². The molecule has 0 aliphatic heterocycles. The highest BCUT2D eigenvalue weighted by atomic mass is 19.1. The molecule has 1 aromatic rings. The van der Waals surface area contributed by atoms with Gasteiger partial charge in [-0.3, -0.25) is 4.90 Å². The van der Waals surface area contributed by atoms with Gasteiger partial charge in [-0.25, -0.2) is 4.39 Å². The molecule has 0 aromatic heterocycles. The standard InChI is InChI=1S/C16H22FN3/c1-3-6-15(20(10-4-2)11-9-18)14-8-5-7-13(12-19)16(14)17/h3,5,7-8,15H,1,4,6,9-11,18H2,2H3. The van der Waals surface area contributed by atoms with Gasteiger partial charge in [-0.05, 0) is 25.5 Å². The molecule has 0 fully saturated rings. The zero-order valence-electron chi connectivity index (χ0n) is 12.0. The van der Waals surface area contributed by atoms with E-state index in [1.807, 2.05) is 6.07 Å². The molecule has 0 radical (unpaired) electrons. The first-order valence-electron chi connectivity index (χ1n) is 6.93. The Labute approximate surface area is 120 Å². The van der Waals surface area contributed by atoms with Crippen molar-refractivity contribution in [2.45, 2.75) is 25.8 Å². The lowest BCUT2D eigenvalue weighted by molar-refractivity contribution is 0.200. The van der Waals surface area contributed by atoms with Gasteiger partial charge in [-0.2, -0.15) is 5.26 Å². The summed E-state index contributed by atoms with van der Waals surface area (Å²) in [6, 6.07) is 6.73. The third-order valence-electron chi connectivity index (χ3n) is 3.27. The Bertz CT molecular complexity index is 473. The lowest BCUT2D eigenvalue weighted by Crippen LogP contribution is -2.34. The van der Waals surface area contributed by atoms with Crippen molar-refractivity contribution in [3.63, 3.8) is 0 Å². The first-order valence-corrected chi connectivity index (χ1v) is 6.93. The van der Waals surface area contributed by atoms with Crippen LogP contribution in [0.2, 0.25) is 0 Å². The Morgan fingerprint density at radius 1 is 1.50 bits per heavy atom. The predicted molar refractivity (Wildman–Crippen MR) is 79.6 cm³/mol. The molecule has 0 saturated carbocycles. The number of nitriles is 1. The van der Waals surface area contributed by atoms with E-state index in [-0.39, 0.29) is 11.6 Å². The molecule has 0 aliphatic carbocycles. The van der Waals surface area contributed by atoms with Gasteiger partial charge < -0.3 is 5.73 Å². The molecule has 0 spiro atoms. The zero-order chi connectivity index (χ0) is 15.0. The fourth-order valence-electron chi connectivity index (χ4n) is 2.40. The zero-order valence-corrected chi connectivity index (χ0v) is 12.0. The Morgan fingerprint density at radius 3 is 2.80 bits per heavy atom. The second kappa shape index (κ2) is 8.47. The molecular formula is C16H22FN3. The summed E-state index contributed by atoms with van der Waals surface area (Å²) in [5.41, 5.74) is 6.28. The molecule has 0 heterocycles. The molecule has 1 rings (SSSR count). The highest BCUT2D eigenvalue weighted by molar-refractivity contribution is 5.36. The predicted octanol–water partition coefficient (Wildman–Crippen LogP) is 2.99. The Balaban J connectivity index is 3.18. The Hall–Kier alpha value is -1.70. The van der Waals surface area contributed by atoms with Crippen LogP contribution in [-0.2, 0) is 0 Å². The molecule has 4 heteroatoms. The van der Waals surface area contributed by atoms with Crippen LogP contribution in [0.5, 0.6) is 0 Å². The van der Waals surface area contributed by atoms with E-state index >= 15 is 0 Å². The molecule has 108 valence electrons. The van der Waals surface area contributed by atoms with Crippen molar-refractivity contribution in [3.8, 4) is 6.07 Å². The van der Waals surface area contributed by atoms with Crippen molar-refractivity contribution in [1.29, 1.82) is 5.26 Å². The van der Waals surface area contributed by atoms with E-state index in [1.165, 1.54) is 6.07 Å². The molecule has 1 atom stereocenters. The van der Waals surface area contributed by atoms with Gasteiger partial charge in [0, 0.05) is 24.7 Å². The minimum atomic E-state index is -0.431. The monoisotopic (exact) mass is 275 g/mol. The van der Waals surface area contributed by atoms with Crippen LogP contribution in [0.25, 0.3) is 0 Å². The number of hydrogen-bond donors (Lipinski definition) is 1.